The Kier molecular flexibility index (Phi) is 3.80. The number of aryl methyl sites for hydroxylation is 1. The SMILES string of the molecule is CN(C)c1ccc2cc(-c3cc(-c4ccncc4)n[nH]c3=O)n(C)c2c1. The van der Waals surface area contributed by atoms with Crippen molar-refractivity contribution >= 4 is 16.6 Å². The van der Waals surface area contributed by atoms with Gasteiger partial charge in [0.05, 0.1) is 22.5 Å². The number of pyridine rings is 1. The van der Waals surface area contributed by atoms with Crippen LogP contribution in [0.5, 0.6) is 0 Å². The second-order valence-corrected chi connectivity index (χ2v) is 6.46. The summed E-state index contributed by atoms with van der Waals surface area (Å²) >= 11 is 0. The Bertz CT molecular complexity index is 1140. The van der Waals surface area contributed by atoms with Crippen LogP contribution in [0.15, 0.2) is 59.7 Å². The number of rotatable bonds is 3. The van der Waals surface area contributed by atoms with Crippen molar-refractivity contribution in [2.75, 3.05) is 19.0 Å². The summed E-state index contributed by atoms with van der Waals surface area (Å²) in [4.78, 5) is 18.5. The highest BCUT2D eigenvalue weighted by molar-refractivity contribution is 5.89. The first-order valence-corrected chi connectivity index (χ1v) is 8.32. The highest BCUT2D eigenvalue weighted by atomic mass is 16.1. The van der Waals surface area contributed by atoms with Crippen molar-refractivity contribution in [3.8, 4) is 22.5 Å². The molecule has 0 unspecified atom stereocenters. The lowest BCUT2D eigenvalue weighted by Gasteiger charge is -2.12. The zero-order valence-electron chi connectivity index (χ0n) is 14.9. The van der Waals surface area contributed by atoms with E-state index in [2.05, 4.69) is 38.3 Å². The number of hydrogen-bond donors (Lipinski definition) is 1. The molecule has 0 aliphatic carbocycles. The van der Waals surface area contributed by atoms with E-state index in [0.717, 1.165) is 27.8 Å². The third-order valence-electron chi connectivity index (χ3n) is 4.60. The lowest BCUT2D eigenvalue weighted by atomic mass is 10.1. The maximum absolute atomic E-state index is 12.5. The molecule has 130 valence electrons. The summed E-state index contributed by atoms with van der Waals surface area (Å²) in [5.74, 6) is 0. The number of nitrogens with one attached hydrogen (secondary N) is 1. The second-order valence-electron chi connectivity index (χ2n) is 6.46. The van der Waals surface area contributed by atoms with Gasteiger partial charge < -0.3 is 9.47 Å². The topological polar surface area (TPSA) is 66.8 Å². The molecule has 3 aromatic heterocycles. The normalized spacial score (nSPS) is 11.0. The Balaban J connectivity index is 1.90. The number of benzene rings is 1. The first-order chi connectivity index (χ1) is 12.5. The summed E-state index contributed by atoms with van der Waals surface area (Å²) < 4.78 is 2.04. The van der Waals surface area contributed by atoms with Crippen LogP contribution in [-0.2, 0) is 7.05 Å². The monoisotopic (exact) mass is 345 g/mol. The first kappa shape index (κ1) is 16.1. The zero-order chi connectivity index (χ0) is 18.3. The Labute approximate surface area is 150 Å². The van der Waals surface area contributed by atoms with Gasteiger partial charge in [-0.1, -0.05) is 6.07 Å². The van der Waals surface area contributed by atoms with Gasteiger partial charge in [0.2, 0.25) is 0 Å². The van der Waals surface area contributed by atoms with Crippen LogP contribution in [0, 0.1) is 0 Å². The third kappa shape index (κ3) is 2.65. The van der Waals surface area contributed by atoms with E-state index in [1.807, 2.05) is 50.0 Å². The van der Waals surface area contributed by atoms with Crippen molar-refractivity contribution in [1.82, 2.24) is 19.7 Å². The maximum atomic E-state index is 12.5. The summed E-state index contributed by atoms with van der Waals surface area (Å²) in [5, 5.41) is 7.89. The molecule has 0 saturated carbocycles. The summed E-state index contributed by atoms with van der Waals surface area (Å²) in [6.07, 6.45) is 3.42. The van der Waals surface area contributed by atoms with Gasteiger partial charge in [-0.25, -0.2) is 5.10 Å². The van der Waals surface area contributed by atoms with Crippen molar-refractivity contribution in [3.05, 3.63) is 65.2 Å². The molecule has 0 aliphatic rings. The average molecular weight is 345 g/mol. The lowest BCUT2D eigenvalue weighted by Crippen LogP contribution is -2.13. The van der Waals surface area contributed by atoms with Crippen LogP contribution < -0.4 is 10.5 Å². The number of aromatic amines is 1. The molecule has 0 bridgehead atoms. The Morgan fingerprint density at radius 2 is 1.81 bits per heavy atom. The van der Waals surface area contributed by atoms with E-state index in [-0.39, 0.29) is 5.56 Å². The van der Waals surface area contributed by atoms with E-state index in [4.69, 9.17) is 0 Å². The minimum absolute atomic E-state index is 0.207. The molecule has 0 spiro atoms. The molecular formula is C20H19N5O. The summed E-state index contributed by atoms with van der Waals surface area (Å²) in [6.45, 7) is 0. The van der Waals surface area contributed by atoms with Gasteiger partial charge in [-0.2, -0.15) is 5.10 Å². The van der Waals surface area contributed by atoms with Crippen LogP contribution in [0.3, 0.4) is 0 Å². The highest BCUT2D eigenvalue weighted by Gasteiger charge is 2.14. The fraction of sp³-hybridized carbons (Fsp3) is 0.150. The number of anilines is 1. The number of H-pyrrole nitrogens is 1. The van der Waals surface area contributed by atoms with Crippen LogP contribution >= 0.6 is 0 Å². The fourth-order valence-corrected chi connectivity index (χ4v) is 3.12. The zero-order valence-corrected chi connectivity index (χ0v) is 14.9. The van der Waals surface area contributed by atoms with Crippen LogP contribution in [0.2, 0.25) is 0 Å². The van der Waals surface area contributed by atoms with E-state index in [9.17, 15) is 4.79 Å². The second kappa shape index (κ2) is 6.15. The summed E-state index contributed by atoms with van der Waals surface area (Å²) in [5.41, 5.74) is 5.06. The molecule has 4 rings (SSSR count). The molecule has 0 radical (unpaired) electrons. The standard InChI is InChI=1S/C20H19N5O/c1-24(2)15-5-4-14-10-19(25(3)18(14)11-15)16-12-17(22-23-20(16)26)13-6-8-21-9-7-13/h4-12H,1-3H3,(H,23,26). The molecule has 26 heavy (non-hydrogen) atoms. The predicted octanol–water partition coefficient (Wildman–Crippen LogP) is 3.06. The van der Waals surface area contributed by atoms with Gasteiger partial charge in [0.25, 0.3) is 5.56 Å². The molecule has 1 aromatic carbocycles. The number of nitrogens with zero attached hydrogens (tertiary/aromatic N) is 4. The molecule has 0 saturated heterocycles. The van der Waals surface area contributed by atoms with E-state index in [1.54, 1.807) is 12.4 Å². The molecule has 6 nitrogen and oxygen atoms in total. The van der Waals surface area contributed by atoms with Gasteiger partial charge in [-0.3, -0.25) is 9.78 Å². The van der Waals surface area contributed by atoms with E-state index in [1.165, 1.54) is 0 Å². The van der Waals surface area contributed by atoms with Crippen LogP contribution in [0.1, 0.15) is 0 Å². The van der Waals surface area contributed by atoms with Crippen molar-refractivity contribution in [1.29, 1.82) is 0 Å². The Hall–Kier alpha value is -3.41. The smallest absolute Gasteiger partial charge is 0.273 e. The van der Waals surface area contributed by atoms with Crippen LogP contribution in [0.4, 0.5) is 5.69 Å². The molecule has 0 atom stereocenters. The Morgan fingerprint density at radius 1 is 1.04 bits per heavy atom. The molecule has 4 aromatic rings. The van der Waals surface area contributed by atoms with Crippen molar-refractivity contribution < 1.29 is 0 Å². The van der Waals surface area contributed by atoms with Gasteiger partial charge in [-0.15, -0.1) is 0 Å². The molecule has 1 N–H and O–H groups in total. The van der Waals surface area contributed by atoms with Crippen molar-refractivity contribution in [2.45, 2.75) is 0 Å². The van der Waals surface area contributed by atoms with E-state index in [0.29, 0.717) is 11.3 Å². The predicted molar refractivity (Wildman–Crippen MR) is 104 cm³/mol. The molecule has 3 heterocycles. The third-order valence-corrected chi connectivity index (χ3v) is 4.60. The molecule has 0 aliphatic heterocycles. The molecule has 6 heteroatoms. The number of aromatic nitrogens is 4. The molecule has 0 amide bonds. The molecule has 0 fully saturated rings. The van der Waals surface area contributed by atoms with Gasteiger partial charge in [0.1, 0.15) is 0 Å². The lowest BCUT2D eigenvalue weighted by molar-refractivity contribution is 0.954. The largest absolute Gasteiger partial charge is 0.378 e. The van der Waals surface area contributed by atoms with Gasteiger partial charge in [0.15, 0.2) is 0 Å². The highest BCUT2D eigenvalue weighted by Crippen LogP contribution is 2.29. The summed E-state index contributed by atoms with van der Waals surface area (Å²) in [6, 6.07) is 13.9. The number of fused-ring (bicyclic) bond motifs is 1. The minimum atomic E-state index is -0.207. The first-order valence-electron chi connectivity index (χ1n) is 8.32. The maximum Gasteiger partial charge on any atom is 0.273 e. The molecular weight excluding hydrogens is 326 g/mol. The van der Waals surface area contributed by atoms with E-state index >= 15 is 0 Å². The minimum Gasteiger partial charge on any atom is -0.378 e. The average Bonchev–Trinajstić information content (AvgIpc) is 2.99. The van der Waals surface area contributed by atoms with Crippen LogP contribution in [-0.4, -0.2) is 33.8 Å². The van der Waals surface area contributed by atoms with Gasteiger partial charge in [0, 0.05) is 50.2 Å². The Morgan fingerprint density at radius 3 is 2.54 bits per heavy atom. The van der Waals surface area contributed by atoms with E-state index < -0.39 is 0 Å². The number of hydrogen-bond acceptors (Lipinski definition) is 4. The van der Waals surface area contributed by atoms with Crippen molar-refractivity contribution in [2.24, 2.45) is 7.05 Å². The quantitative estimate of drug-likeness (QED) is 0.620. The van der Waals surface area contributed by atoms with Gasteiger partial charge >= 0.3 is 0 Å². The van der Waals surface area contributed by atoms with Gasteiger partial charge in [-0.05, 0) is 36.4 Å². The van der Waals surface area contributed by atoms with Crippen molar-refractivity contribution in [3.63, 3.8) is 0 Å². The summed E-state index contributed by atoms with van der Waals surface area (Å²) in [7, 11) is 6.00. The van der Waals surface area contributed by atoms with Crippen LogP contribution in [0.25, 0.3) is 33.4 Å². The fourth-order valence-electron chi connectivity index (χ4n) is 3.12.